The number of aryl methyl sites for hydroxylation is 1. The van der Waals surface area contributed by atoms with E-state index in [1.807, 2.05) is 19.1 Å². The van der Waals surface area contributed by atoms with Gasteiger partial charge in [0, 0.05) is 12.5 Å². The molecule has 1 aromatic carbocycles. The van der Waals surface area contributed by atoms with Crippen molar-refractivity contribution in [2.24, 2.45) is 5.73 Å². The van der Waals surface area contributed by atoms with Crippen LogP contribution in [0.5, 0.6) is 0 Å². The molecule has 0 bridgehead atoms. The summed E-state index contributed by atoms with van der Waals surface area (Å²) in [5, 5.41) is 0. The van der Waals surface area contributed by atoms with E-state index in [9.17, 15) is 0 Å². The van der Waals surface area contributed by atoms with Gasteiger partial charge in [-0.1, -0.05) is 6.07 Å². The molecule has 14 heavy (non-hydrogen) atoms. The maximum absolute atomic E-state index is 6.10. The predicted octanol–water partition coefficient (Wildman–Crippen LogP) is 2.08. The van der Waals surface area contributed by atoms with Crippen molar-refractivity contribution in [3.8, 4) is 0 Å². The summed E-state index contributed by atoms with van der Waals surface area (Å²) in [7, 11) is 0. The molecular weight excluding hydrogens is 176 g/mol. The molecule has 0 unspecified atom stereocenters. The van der Waals surface area contributed by atoms with Crippen molar-refractivity contribution in [2.75, 3.05) is 0 Å². The van der Waals surface area contributed by atoms with Crippen molar-refractivity contribution < 1.29 is 4.42 Å². The fourth-order valence-corrected chi connectivity index (χ4v) is 1.77. The minimum atomic E-state index is -0.0884. The number of aromatic nitrogens is 1. The van der Waals surface area contributed by atoms with Gasteiger partial charge >= 0.3 is 0 Å². The van der Waals surface area contributed by atoms with Crippen LogP contribution in [-0.4, -0.2) is 4.98 Å². The van der Waals surface area contributed by atoms with Crippen LogP contribution < -0.4 is 5.73 Å². The number of hydrogen-bond donors (Lipinski definition) is 1. The van der Waals surface area contributed by atoms with Gasteiger partial charge in [-0.05, 0) is 30.5 Å². The van der Waals surface area contributed by atoms with Crippen LogP contribution in [0.25, 0.3) is 11.1 Å². The molecule has 1 aromatic heterocycles. The summed E-state index contributed by atoms with van der Waals surface area (Å²) in [6.07, 6.45) is 2.15. The Morgan fingerprint density at radius 1 is 1.43 bits per heavy atom. The first-order chi connectivity index (χ1) is 6.67. The van der Waals surface area contributed by atoms with Crippen LogP contribution in [0.4, 0.5) is 0 Å². The summed E-state index contributed by atoms with van der Waals surface area (Å²) in [4.78, 5) is 4.25. The Balaban J connectivity index is 2.19. The largest absolute Gasteiger partial charge is 0.441 e. The van der Waals surface area contributed by atoms with Gasteiger partial charge in [-0.2, -0.15) is 0 Å². The highest BCUT2D eigenvalue weighted by atomic mass is 16.3. The molecular formula is C11H12N2O. The van der Waals surface area contributed by atoms with E-state index in [4.69, 9.17) is 10.2 Å². The van der Waals surface area contributed by atoms with Gasteiger partial charge in [0.05, 0.1) is 0 Å². The molecule has 0 spiro atoms. The summed E-state index contributed by atoms with van der Waals surface area (Å²) >= 11 is 0. The summed E-state index contributed by atoms with van der Waals surface area (Å²) in [5.74, 6) is 0.707. The van der Waals surface area contributed by atoms with Crippen LogP contribution in [0.3, 0.4) is 0 Å². The zero-order valence-corrected chi connectivity index (χ0v) is 8.08. The first-order valence-electron chi connectivity index (χ1n) is 4.84. The highest BCUT2D eigenvalue weighted by Crippen LogP contribution is 2.43. The molecule has 1 aliphatic rings. The Morgan fingerprint density at radius 2 is 2.21 bits per heavy atom. The second kappa shape index (κ2) is 2.36. The molecule has 1 saturated carbocycles. The molecule has 0 atom stereocenters. The smallest absolute Gasteiger partial charge is 0.192 e. The third kappa shape index (κ3) is 1.06. The second-order valence-corrected chi connectivity index (χ2v) is 4.07. The Bertz CT molecular complexity index is 497. The Hall–Kier alpha value is -1.35. The van der Waals surface area contributed by atoms with Crippen LogP contribution in [-0.2, 0) is 5.54 Å². The van der Waals surface area contributed by atoms with E-state index >= 15 is 0 Å². The van der Waals surface area contributed by atoms with E-state index in [-0.39, 0.29) is 5.54 Å². The average molecular weight is 188 g/mol. The molecule has 1 heterocycles. The predicted molar refractivity (Wildman–Crippen MR) is 53.8 cm³/mol. The first-order valence-corrected chi connectivity index (χ1v) is 4.84. The van der Waals surface area contributed by atoms with Gasteiger partial charge in [0.2, 0.25) is 0 Å². The maximum atomic E-state index is 6.10. The monoisotopic (exact) mass is 188 g/mol. The summed E-state index contributed by atoms with van der Waals surface area (Å²) in [5.41, 5.74) is 8.94. The second-order valence-electron chi connectivity index (χ2n) is 4.07. The number of nitrogens with two attached hydrogens (primary N) is 1. The average Bonchev–Trinajstić information content (AvgIpc) is 2.79. The van der Waals surface area contributed by atoms with Crippen LogP contribution in [0.15, 0.2) is 22.6 Å². The molecule has 0 amide bonds. The van der Waals surface area contributed by atoms with Crippen LogP contribution in [0.2, 0.25) is 0 Å². The Kier molecular flexibility index (Phi) is 1.35. The van der Waals surface area contributed by atoms with E-state index in [1.165, 1.54) is 5.56 Å². The number of nitrogens with zero attached hydrogens (tertiary/aromatic N) is 1. The number of benzene rings is 1. The lowest BCUT2D eigenvalue weighted by molar-refractivity contribution is 0.560. The molecule has 0 saturated heterocycles. The fraction of sp³-hybridized carbons (Fsp3) is 0.364. The molecule has 3 nitrogen and oxygen atoms in total. The lowest BCUT2D eigenvalue weighted by atomic mass is 10.1. The quantitative estimate of drug-likeness (QED) is 0.745. The lowest BCUT2D eigenvalue weighted by Gasteiger charge is -2.07. The third-order valence-corrected chi connectivity index (χ3v) is 2.86. The number of oxazole rings is 1. The van der Waals surface area contributed by atoms with E-state index in [1.54, 1.807) is 0 Å². The highest BCUT2D eigenvalue weighted by Gasteiger charge is 2.40. The summed E-state index contributed by atoms with van der Waals surface area (Å²) in [6.45, 7) is 1.86. The Morgan fingerprint density at radius 3 is 2.93 bits per heavy atom. The molecule has 2 aromatic rings. The number of fused-ring (bicyclic) bond motifs is 1. The lowest BCUT2D eigenvalue weighted by Crippen LogP contribution is -2.18. The van der Waals surface area contributed by atoms with Crippen molar-refractivity contribution >= 4 is 11.1 Å². The van der Waals surface area contributed by atoms with Gasteiger partial charge in [-0.3, -0.25) is 0 Å². The zero-order chi connectivity index (χ0) is 9.76. The standard InChI is InChI=1S/C11H12N2O/c1-7-13-9-3-2-8(6-10(9)14-7)11(12)4-5-11/h2-3,6H,4-5,12H2,1H3. The molecule has 0 radical (unpaired) electrons. The van der Waals surface area contributed by atoms with Gasteiger partial charge < -0.3 is 10.2 Å². The topological polar surface area (TPSA) is 52.0 Å². The Labute approximate surface area is 81.9 Å². The summed E-state index contributed by atoms with van der Waals surface area (Å²) in [6, 6.07) is 6.05. The van der Waals surface area contributed by atoms with Gasteiger partial charge in [0.1, 0.15) is 5.52 Å². The zero-order valence-electron chi connectivity index (χ0n) is 8.08. The van der Waals surface area contributed by atoms with Crippen LogP contribution >= 0.6 is 0 Å². The normalized spacial score (nSPS) is 18.7. The van der Waals surface area contributed by atoms with Crippen molar-refractivity contribution in [1.29, 1.82) is 0 Å². The van der Waals surface area contributed by atoms with Crippen LogP contribution in [0, 0.1) is 6.92 Å². The molecule has 1 aliphatic carbocycles. The molecule has 2 N–H and O–H groups in total. The van der Waals surface area contributed by atoms with Gasteiger partial charge in [-0.25, -0.2) is 4.98 Å². The minimum Gasteiger partial charge on any atom is -0.441 e. The van der Waals surface area contributed by atoms with Crippen molar-refractivity contribution in [2.45, 2.75) is 25.3 Å². The van der Waals surface area contributed by atoms with E-state index < -0.39 is 0 Å². The van der Waals surface area contributed by atoms with E-state index in [0.717, 1.165) is 23.9 Å². The van der Waals surface area contributed by atoms with Crippen molar-refractivity contribution in [1.82, 2.24) is 4.98 Å². The SMILES string of the molecule is Cc1nc2ccc(C3(N)CC3)cc2o1. The fourth-order valence-electron chi connectivity index (χ4n) is 1.77. The molecule has 3 heteroatoms. The third-order valence-electron chi connectivity index (χ3n) is 2.86. The highest BCUT2D eigenvalue weighted by molar-refractivity contribution is 5.73. The van der Waals surface area contributed by atoms with E-state index in [2.05, 4.69) is 11.1 Å². The van der Waals surface area contributed by atoms with Crippen molar-refractivity contribution in [3.05, 3.63) is 29.7 Å². The molecule has 72 valence electrons. The first kappa shape index (κ1) is 8.00. The van der Waals surface area contributed by atoms with Crippen molar-refractivity contribution in [3.63, 3.8) is 0 Å². The number of rotatable bonds is 1. The van der Waals surface area contributed by atoms with Gasteiger partial charge in [-0.15, -0.1) is 0 Å². The molecule has 0 aliphatic heterocycles. The maximum Gasteiger partial charge on any atom is 0.192 e. The minimum absolute atomic E-state index is 0.0884. The van der Waals surface area contributed by atoms with Gasteiger partial charge in [0.15, 0.2) is 11.5 Å². The molecule has 3 rings (SSSR count). The molecule has 1 fully saturated rings. The van der Waals surface area contributed by atoms with Crippen LogP contribution in [0.1, 0.15) is 24.3 Å². The van der Waals surface area contributed by atoms with Gasteiger partial charge in [0.25, 0.3) is 0 Å². The van der Waals surface area contributed by atoms with E-state index in [0.29, 0.717) is 5.89 Å². The summed E-state index contributed by atoms with van der Waals surface area (Å²) < 4.78 is 5.46. The number of hydrogen-bond acceptors (Lipinski definition) is 3.